The number of ether oxygens (including phenoxy) is 1. The summed E-state index contributed by atoms with van der Waals surface area (Å²) < 4.78 is 5.60. The van der Waals surface area contributed by atoms with Gasteiger partial charge in [-0.2, -0.15) is 0 Å². The standard InChI is InChI=1S/C19H21ClN2O3/c1-12-4-6-15(10-13(12)2)25-9-8-18(23)22-17-11-14(19(24)21-3)5-7-16(17)20/h4-7,10-11H,8-9H2,1-3H3,(H,21,24)(H,22,23). The van der Waals surface area contributed by atoms with E-state index in [1.807, 2.05) is 32.0 Å². The Morgan fingerprint density at radius 3 is 2.52 bits per heavy atom. The molecule has 2 aromatic rings. The van der Waals surface area contributed by atoms with E-state index in [1.165, 1.54) is 5.56 Å². The van der Waals surface area contributed by atoms with Crippen LogP contribution in [0.15, 0.2) is 36.4 Å². The Morgan fingerprint density at radius 2 is 1.84 bits per heavy atom. The lowest BCUT2D eigenvalue weighted by Crippen LogP contribution is -2.19. The van der Waals surface area contributed by atoms with Crippen molar-refractivity contribution in [2.45, 2.75) is 20.3 Å². The molecule has 0 heterocycles. The Morgan fingerprint density at radius 1 is 1.08 bits per heavy atom. The zero-order chi connectivity index (χ0) is 18.4. The van der Waals surface area contributed by atoms with E-state index in [2.05, 4.69) is 10.6 Å². The van der Waals surface area contributed by atoms with Crippen molar-refractivity contribution in [3.05, 3.63) is 58.1 Å². The molecule has 2 N–H and O–H groups in total. The van der Waals surface area contributed by atoms with Crippen molar-refractivity contribution in [3.63, 3.8) is 0 Å². The van der Waals surface area contributed by atoms with Gasteiger partial charge in [0.1, 0.15) is 5.75 Å². The van der Waals surface area contributed by atoms with Crippen LogP contribution in [0.1, 0.15) is 27.9 Å². The third kappa shape index (κ3) is 5.22. The van der Waals surface area contributed by atoms with Gasteiger partial charge in [0.05, 0.1) is 23.7 Å². The fourth-order valence-electron chi connectivity index (χ4n) is 2.18. The van der Waals surface area contributed by atoms with E-state index < -0.39 is 0 Å². The van der Waals surface area contributed by atoms with Crippen molar-refractivity contribution in [3.8, 4) is 5.75 Å². The van der Waals surface area contributed by atoms with E-state index in [9.17, 15) is 9.59 Å². The van der Waals surface area contributed by atoms with Crippen LogP contribution in [0.3, 0.4) is 0 Å². The van der Waals surface area contributed by atoms with Crippen molar-refractivity contribution < 1.29 is 14.3 Å². The molecule has 6 heteroatoms. The normalized spacial score (nSPS) is 10.2. The molecule has 0 saturated heterocycles. The van der Waals surface area contributed by atoms with Gasteiger partial charge in [-0.05, 0) is 55.3 Å². The highest BCUT2D eigenvalue weighted by Crippen LogP contribution is 2.23. The second kappa shape index (κ2) is 8.53. The summed E-state index contributed by atoms with van der Waals surface area (Å²) in [4.78, 5) is 23.7. The average Bonchev–Trinajstić information content (AvgIpc) is 2.59. The third-order valence-corrected chi connectivity index (χ3v) is 4.14. The molecule has 0 fully saturated rings. The predicted octanol–water partition coefficient (Wildman–Crippen LogP) is 3.72. The largest absolute Gasteiger partial charge is 0.493 e. The van der Waals surface area contributed by atoms with Gasteiger partial charge < -0.3 is 15.4 Å². The van der Waals surface area contributed by atoms with E-state index in [1.54, 1.807) is 25.2 Å². The smallest absolute Gasteiger partial charge is 0.251 e. The van der Waals surface area contributed by atoms with Crippen molar-refractivity contribution >= 4 is 29.1 Å². The molecule has 5 nitrogen and oxygen atoms in total. The van der Waals surface area contributed by atoms with Gasteiger partial charge in [0.25, 0.3) is 5.91 Å². The van der Waals surface area contributed by atoms with E-state index in [0.717, 1.165) is 11.3 Å². The van der Waals surface area contributed by atoms with Crippen LogP contribution in [0, 0.1) is 13.8 Å². The van der Waals surface area contributed by atoms with Gasteiger partial charge in [-0.1, -0.05) is 17.7 Å². The molecular formula is C19H21ClN2O3. The quantitative estimate of drug-likeness (QED) is 0.824. The minimum absolute atomic E-state index is 0.174. The summed E-state index contributed by atoms with van der Waals surface area (Å²) >= 11 is 6.07. The lowest BCUT2D eigenvalue weighted by atomic mass is 10.1. The molecule has 0 atom stereocenters. The van der Waals surface area contributed by atoms with E-state index in [-0.39, 0.29) is 24.8 Å². The number of benzene rings is 2. The maximum Gasteiger partial charge on any atom is 0.251 e. The second-order valence-electron chi connectivity index (χ2n) is 5.67. The minimum atomic E-state index is -0.245. The second-order valence-corrected chi connectivity index (χ2v) is 6.07. The van der Waals surface area contributed by atoms with Crippen LogP contribution in [0.5, 0.6) is 5.75 Å². The van der Waals surface area contributed by atoms with Crippen molar-refractivity contribution in [2.75, 3.05) is 19.0 Å². The first-order chi connectivity index (χ1) is 11.9. The molecule has 2 rings (SSSR count). The lowest BCUT2D eigenvalue weighted by Gasteiger charge is -2.10. The summed E-state index contributed by atoms with van der Waals surface area (Å²) in [7, 11) is 1.54. The fourth-order valence-corrected chi connectivity index (χ4v) is 2.35. The highest BCUT2D eigenvalue weighted by atomic mass is 35.5. The number of carbonyl (C=O) groups is 2. The molecule has 0 bridgehead atoms. The first-order valence-corrected chi connectivity index (χ1v) is 8.30. The van der Waals surface area contributed by atoms with E-state index >= 15 is 0 Å². The molecule has 0 spiro atoms. The summed E-state index contributed by atoms with van der Waals surface area (Å²) in [5.74, 6) is 0.251. The monoisotopic (exact) mass is 360 g/mol. The Labute approximate surface area is 152 Å². The number of carbonyl (C=O) groups excluding carboxylic acids is 2. The summed E-state index contributed by atoms with van der Waals surface area (Å²) in [5.41, 5.74) is 3.16. The molecule has 0 radical (unpaired) electrons. The summed E-state index contributed by atoms with van der Waals surface area (Å²) in [6, 6.07) is 10.5. The minimum Gasteiger partial charge on any atom is -0.493 e. The number of nitrogens with one attached hydrogen (secondary N) is 2. The molecule has 0 saturated carbocycles. The summed E-state index contributed by atoms with van der Waals surface area (Å²) in [6.45, 7) is 4.29. The first kappa shape index (κ1) is 18.8. The number of aryl methyl sites for hydroxylation is 2. The first-order valence-electron chi connectivity index (χ1n) is 7.92. The number of hydrogen-bond donors (Lipinski definition) is 2. The molecule has 25 heavy (non-hydrogen) atoms. The topological polar surface area (TPSA) is 67.4 Å². The Hall–Kier alpha value is -2.53. The Kier molecular flexibility index (Phi) is 6.42. The third-order valence-electron chi connectivity index (χ3n) is 3.81. The van der Waals surface area contributed by atoms with Crippen LogP contribution in [0.2, 0.25) is 5.02 Å². The fraction of sp³-hybridized carbons (Fsp3) is 0.263. The van der Waals surface area contributed by atoms with Gasteiger partial charge in [-0.3, -0.25) is 9.59 Å². The van der Waals surface area contributed by atoms with Crippen LogP contribution in [0.4, 0.5) is 5.69 Å². The van der Waals surface area contributed by atoms with Crippen molar-refractivity contribution in [1.82, 2.24) is 5.32 Å². The molecular weight excluding hydrogens is 340 g/mol. The highest BCUT2D eigenvalue weighted by molar-refractivity contribution is 6.33. The Balaban J connectivity index is 1.91. The molecule has 0 unspecified atom stereocenters. The summed E-state index contributed by atoms with van der Waals surface area (Å²) in [6.07, 6.45) is 0.174. The maximum atomic E-state index is 12.1. The van der Waals surface area contributed by atoms with Crippen LogP contribution in [-0.4, -0.2) is 25.5 Å². The zero-order valence-corrected chi connectivity index (χ0v) is 15.2. The van der Waals surface area contributed by atoms with E-state index in [4.69, 9.17) is 16.3 Å². The Bertz CT molecular complexity index is 790. The SMILES string of the molecule is CNC(=O)c1ccc(Cl)c(NC(=O)CCOc2ccc(C)c(C)c2)c1. The predicted molar refractivity (Wildman–Crippen MR) is 99.5 cm³/mol. The van der Waals surface area contributed by atoms with Gasteiger partial charge in [-0.25, -0.2) is 0 Å². The van der Waals surface area contributed by atoms with Gasteiger partial charge in [0, 0.05) is 12.6 Å². The lowest BCUT2D eigenvalue weighted by molar-refractivity contribution is -0.116. The number of rotatable bonds is 6. The van der Waals surface area contributed by atoms with Gasteiger partial charge in [-0.15, -0.1) is 0 Å². The number of hydrogen-bond acceptors (Lipinski definition) is 3. The number of halogens is 1. The average molecular weight is 361 g/mol. The van der Waals surface area contributed by atoms with Crippen LogP contribution >= 0.6 is 11.6 Å². The molecule has 0 aliphatic heterocycles. The van der Waals surface area contributed by atoms with Crippen LogP contribution < -0.4 is 15.4 Å². The molecule has 0 aliphatic rings. The zero-order valence-electron chi connectivity index (χ0n) is 14.5. The summed E-state index contributed by atoms with van der Waals surface area (Å²) in [5, 5.41) is 5.60. The molecule has 2 aromatic carbocycles. The van der Waals surface area contributed by atoms with Crippen molar-refractivity contribution in [1.29, 1.82) is 0 Å². The maximum absolute atomic E-state index is 12.1. The molecule has 132 valence electrons. The van der Waals surface area contributed by atoms with Gasteiger partial charge >= 0.3 is 0 Å². The molecule has 0 aromatic heterocycles. The van der Waals surface area contributed by atoms with Gasteiger partial charge in [0.2, 0.25) is 5.91 Å². The number of anilines is 1. The van der Waals surface area contributed by atoms with Crippen molar-refractivity contribution in [2.24, 2.45) is 0 Å². The van der Waals surface area contributed by atoms with Gasteiger partial charge in [0.15, 0.2) is 0 Å². The highest BCUT2D eigenvalue weighted by Gasteiger charge is 2.10. The molecule has 2 amide bonds. The van der Waals surface area contributed by atoms with E-state index in [0.29, 0.717) is 16.3 Å². The number of amides is 2. The van der Waals surface area contributed by atoms with Crippen LogP contribution in [-0.2, 0) is 4.79 Å². The van der Waals surface area contributed by atoms with Crippen LogP contribution in [0.25, 0.3) is 0 Å². The molecule has 0 aliphatic carbocycles.